The smallest absolute Gasteiger partial charge is 0.183 e. The van der Waals surface area contributed by atoms with E-state index >= 15 is 0 Å². The van der Waals surface area contributed by atoms with E-state index in [-0.39, 0.29) is 5.96 Å². The van der Waals surface area contributed by atoms with Crippen LogP contribution in [-0.4, -0.2) is 33.2 Å². The standard InChI is InChI=1S/C20H35NO.C4H8N4.CH5N3/c1-2-3-4-5-6-7-8-9-10-11-12-15-18-22-20-17-14-13-16-19(20)21;1-2-3-4-5-7-8-6-4;2-1(3)4/h13-14,16-17H,2-12,15,18,21H2,1H3;2-3H2,1H3,(H,5,6,7,8);(H5,2,3,4). The van der Waals surface area contributed by atoms with E-state index in [0.717, 1.165) is 43.1 Å². The van der Waals surface area contributed by atoms with E-state index in [1.54, 1.807) is 0 Å². The maximum atomic E-state index is 6.06. The summed E-state index contributed by atoms with van der Waals surface area (Å²) in [6.07, 6.45) is 18.5. The Kier molecular flexibility index (Phi) is 21.4. The number of nitrogens with two attached hydrogens (primary N) is 3. The van der Waals surface area contributed by atoms with Gasteiger partial charge < -0.3 is 21.9 Å². The molecule has 0 aliphatic rings. The largest absolute Gasteiger partial charge is 0.491 e. The fourth-order valence-corrected chi connectivity index (χ4v) is 3.26. The number of anilines is 1. The summed E-state index contributed by atoms with van der Waals surface area (Å²) < 4.78 is 5.70. The zero-order valence-electron chi connectivity index (χ0n) is 21.4. The lowest BCUT2D eigenvalue weighted by molar-refractivity contribution is 0.306. The van der Waals surface area contributed by atoms with Gasteiger partial charge in [-0.05, 0) is 35.4 Å². The maximum absolute atomic E-state index is 6.06. The number of hydrogen-bond acceptors (Lipinski definition) is 6. The SMILES string of the molecule is CCCCCCCCCCCCCCOc1ccccc1N.CCCc1nnn[nH]1.N=C(N)N. The fraction of sp³-hybridized carbons (Fsp3) is 0.680. The third kappa shape index (κ3) is 21.0. The van der Waals surface area contributed by atoms with Crippen LogP contribution in [0.25, 0.3) is 0 Å². The number of nitrogens with zero attached hydrogens (tertiary/aromatic N) is 3. The van der Waals surface area contributed by atoms with Gasteiger partial charge >= 0.3 is 0 Å². The first kappa shape index (κ1) is 31.2. The second kappa shape index (κ2) is 23.3. The molecule has 1 heterocycles. The number of benzene rings is 1. The second-order valence-electron chi connectivity index (χ2n) is 8.33. The Labute approximate surface area is 206 Å². The molecule has 0 atom stereocenters. The number of nitrogens with one attached hydrogen (secondary N) is 2. The molecule has 0 saturated carbocycles. The fourth-order valence-electron chi connectivity index (χ4n) is 3.26. The molecule has 0 fully saturated rings. The van der Waals surface area contributed by atoms with Crippen LogP contribution in [0.5, 0.6) is 5.75 Å². The van der Waals surface area contributed by atoms with Crippen molar-refractivity contribution in [2.24, 2.45) is 11.5 Å². The van der Waals surface area contributed by atoms with Gasteiger partial charge in [-0.25, -0.2) is 5.10 Å². The van der Waals surface area contributed by atoms with Crippen molar-refractivity contribution in [2.75, 3.05) is 12.3 Å². The molecule has 0 saturated heterocycles. The zero-order valence-corrected chi connectivity index (χ0v) is 21.4. The lowest BCUT2D eigenvalue weighted by Crippen LogP contribution is -2.20. The van der Waals surface area contributed by atoms with Gasteiger partial charge in [-0.3, -0.25) is 5.41 Å². The van der Waals surface area contributed by atoms with Crippen molar-refractivity contribution in [2.45, 2.75) is 104 Å². The molecule has 1 aromatic carbocycles. The zero-order chi connectivity index (χ0) is 25.3. The van der Waals surface area contributed by atoms with Crippen LogP contribution in [0.1, 0.15) is 103 Å². The Morgan fingerprint density at radius 1 is 0.853 bits per heavy atom. The molecule has 0 spiro atoms. The number of hydrogen-bond donors (Lipinski definition) is 5. The molecule has 0 aliphatic carbocycles. The van der Waals surface area contributed by atoms with Crippen LogP contribution < -0.4 is 21.9 Å². The summed E-state index contributed by atoms with van der Waals surface area (Å²) >= 11 is 0. The summed E-state index contributed by atoms with van der Waals surface area (Å²) in [5.41, 5.74) is 15.5. The summed E-state index contributed by atoms with van der Waals surface area (Å²) in [6, 6.07) is 7.73. The summed E-state index contributed by atoms with van der Waals surface area (Å²) in [5, 5.41) is 19.3. The summed E-state index contributed by atoms with van der Waals surface area (Å²) in [5.74, 6) is 1.36. The van der Waals surface area contributed by atoms with Gasteiger partial charge in [0.15, 0.2) is 5.96 Å². The van der Waals surface area contributed by atoms with Crippen molar-refractivity contribution >= 4 is 11.6 Å². The minimum atomic E-state index is -0.333. The third-order valence-electron chi connectivity index (χ3n) is 5.05. The van der Waals surface area contributed by atoms with Crippen LogP contribution in [0.2, 0.25) is 0 Å². The number of H-pyrrole nitrogens is 1. The predicted molar refractivity (Wildman–Crippen MR) is 142 cm³/mol. The molecule has 2 rings (SSSR count). The lowest BCUT2D eigenvalue weighted by Gasteiger charge is -2.08. The molecule has 9 heteroatoms. The van der Waals surface area contributed by atoms with Crippen LogP contribution in [0, 0.1) is 5.41 Å². The van der Waals surface area contributed by atoms with Gasteiger partial charge in [-0.15, -0.1) is 5.10 Å². The molecule has 194 valence electrons. The number of rotatable bonds is 16. The average molecular weight is 477 g/mol. The van der Waals surface area contributed by atoms with Crippen molar-refractivity contribution in [3.8, 4) is 5.75 Å². The Bertz CT molecular complexity index is 690. The Balaban J connectivity index is 0.000000740. The van der Waals surface area contributed by atoms with Crippen LogP contribution in [0.15, 0.2) is 24.3 Å². The van der Waals surface area contributed by atoms with Crippen molar-refractivity contribution in [3.63, 3.8) is 0 Å². The Morgan fingerprint density at radius 3 is 1.85 bits per heavy atom. The number of para-hydroxylation sites is 2. The van der Waals surface area contributed by atoms with Crippen molar-refractivity contribution in [1.82, 2.24) is 20.6 Å². The molecule has 8 N–H and O–H groups in total. The van der Waals surface area contributed by atoms with Crippen molar-refractivity contribution < 1.29 is 4.74 Å². The third-order valence-corrected chi connectivity index (χ3v) is 5.05. The highest BCUT2D eigenvalue weighted by Gasteiger charge is 1.98. The van der Waals surface area contributed by atoms with Gasteiger partial charge in [0.2, 0.25) is 0 Å². The molecule has 0 aliphatic heterocycles. The van der Waals surface area contributed by atoms with Crippen molar-refractivity contribution in [3.05, 3.63) is 30.1 Å². The molecule has 0 bridgehead atoms. The van der Waals surface area contributed by atoms with E-state index in [0.29, 0.717) is 0 Å². The number of aromatic amines is 1. The quantitative estimate of drug-likeness (QED) is 0.0943. The van der Waals surface area contributed by atoms with Crippen LogP contribution in [-0.2, 0) is 6.42 Å². The average Bonchev–Trinajstić information content (AvgIpc) is 3.32. The molecule has 0 radical (unpaired) electrons. The van der Waals surface area contributed by atoms with Gasteiger partial charge in [0, 0.05) is 6.42 Å². The van der Waals surface area contributed by atoms with Crippen LogP contribution >= 0.6 is 0 Å². The molecule has 0 amide bonds. The first-order valence-electron chi connectivity index (χ1n) is 12.8. The van der Waals surface area contributed by atoms with Crippen LogP contribution in [0.4, 0.5) is 5.69 Å². The highest BCUT2D eigenvalue weighted by Crippen LogP contribution is 2.20. The van der Waals surface area contributed by atoms with E-state index in [4.69, 9.17) is 15.9 Å². The number of nitrogen functional groups attached to an aromatic ring is 1. The number of guanidine groups is 1. The van der Waals surface area contributed by atoms with E-state index in [2.05, 4.69) is 45.9 Å². The number of aryl methyl sites for hydroxylation is 1. The monoisotopic (exact) mass is 476 g/mol. The van der Waals surface area contributed by atoms with E-state index < -0.39 is 0 Å². The first-order chi connectivity index (χ1) is 16.5. The molecule has 34 heavy (non-hydrogen) atoms. The predicted octanol–water partition coefficient (Wildman–Crippen LogP) is 5.34. The topological polar surface area (TPSA) is 166 Å². The minimum Gasteiger partial charge on any atom is -0.491 e. The highest BCUT2D eigenvalue weighted by molar-refractivity contribution is 5.71. The van der Waals surface area contributed by atoms with E-state index in [1.807, 2.05) is 24.3 Å². The molecule has 2 aromatic rings. The van der Waals surface area contributed by atoms with Gasteiger partial charge in [-0.1, -0.05) is 96.6 Å². The number of tetrazole rings is 1. The minimum absolute atomic E-state index is 0.333. The molecule has 9 nitrogen and oxygen atoms in total. The first-order valence-corrected chi connectivity index (χ1v) is 12.8. The number of ether oxygens (including phenoxy) is 1. The highest BCUT2D eigenvalue weighted by atomic mass is 16.5. The molecule has 1 aromatic heterocycles. The van der Waals surface area contributed by atoms with E-state index in [1.165, 1.54) is 70.6 Å². The van der Waals surface area contributed by atoms with Crippen molar-refractivity contribution in [1.29, 1.82) is 5.41 Å². The van der Waals surface area contributed by atoms with Gasteiger partial charge in [0.1, 0.15) is 11.6 Å². The van der Waals surface area contributed by atoms with Crippen LogP contribution in [0.3, 0.4) is 0 Å². The number of aromatic nitrogens is 4. The molecule has 0 unspecified atom stereocenters. The summed E-state index contributed by atoms with van der Waals surface area (Å²) in [4.78, 5) is 0. The second-order valence-corrected chi connectivity index (χ2v) is 8.33. The summed E-state index contributed by atoms with van der Waals surface area (Å²) in [6.45, 7) is 5.15. The summed E-state index contributed by atoms with van der Waals surface area (Å²) in [7, 11) is 0. The number of unbranched alkanes of at least 4 members (excludes halogenated alkanes) is 11. The Morgan fingerprint density at radius 2 is 1.38 bits per heavy atom. The van der Waals surface area contributed by atoms with Gasteiger partial charge in [0.05, 0.1) is 12.3 Å². The molecular formula is C25H48N8O. The van der Waals surface area contributed by atoms with Gasteiger partial charge in [0.25, 0.3) is 0 Å². The lowest BCUT2D eigenvalue weighted by atomic mass is 10.1. The van der Waals surface area contributed by atoms with Gasteiger partial charge in [-0.2, -0.15) is 0 Å². The van der Waals surface area contributed by atoms with E-state index in [9.17, 15) is 0 Å². The maximum Gasteiger partial charge on any atom is 0.183 e. The Hall–Kier alpha value is -2.84. The molecular weight excluding hydrogens is 428 g/mol. The normalized spacial score (nSPS) is 9.94.